The third kappa shape index (κ3) is 2.08. The summed E-state index contributed by atoms with van der Waals surface area (Å²) in [5, 5.41) is 4.53. The molecule has 4 nitrogen and oxygen atoms in total. The summed E-state index contributed by atoms with van der Waals surface area (Å²) in [6.07, 6.45) is 3.15. The smallest absolute Gasteiger partial charge is 0.330 e. The lowest BCUT2D eigenvalue weighted by Gasteiger charge is -2.16. The largest absolute Gasteiger partial charge is 0.467 e. The number of carbonyl (C=O) groups excluding carboxylic acids is 1. The first-order valence-corrected chi connectivity index (χ1v) is 6.22. The number of nitrogens with zero attached hydrogens (tertiary/aromatic N) is 2. The van der Waals surface area contributed by atoms with Gasteiger partial charge in [-0.05, 0) is 44.6 Å². The summed E-state index contributed by atoms with van der Waals surface area (Å²) < 4.78 is 6.78. The van der Waals surface area contributed by atoms with E-state index in [-0.39, 0.29) is 12.0 Å². The highest BCUT2D eigenvalue weighted by atomic mass is 16.5. The van der Waals surface area contributed by atoms with Gasteiger partial charge < -0.3 is 4.74 Å². The van der Waals surface area contributed by atoms with Crippen molar-refractivity contribution in [3.63, 3.8) is 0 Å². The van der Waals surface area contributed by atoms with Crippen molar-refractivity contribution in [1.29, 1.82) is 0 Å². The van der Waals surface area contributed by atoms with Crippen LogP contribution in [0.4, 0.5) is 0 Å². The highest BCUT2D eigenvalue weighted by Gasteiger charge is 2.40. The van der Waals surface area contributed by atoms with Gasteiger partial charge in [0.1, 0.15) is 0 Å². The Balaban J connectivity index is 2.39. The maximum absolute atomic E-state index is 11.9. The summed E-state index contributed by atoms with van der Waals surface area (Å²) >= 11 is 0. The Morgan fingerprint density at radius 1 is 1.53 bits per heavy atom. The molecule has 1 fully saturated rings. The zero-order valence-electron chi connectivity index (χ0n) is 11.0. The Morgan fingerprint density at radius 2 is 2.18 bits per heavy atom. The van der Waals surface area contributed by atoms with Gasteiger partial charge in [-0.15, -0.1) is 0 Å². The van der Waals surface area contributed by atoms with Crippen LogP contribution in [-0.4, -0.2) is 22.9 Å². The molecule has 1 saturated carbocycles. The lowest BCUT2D eigenvalue weighted by Crippen LogP contribution is -2.24. The van der Waals surface area contributed by atoms with E-state index < -0.39 is 0 Å². The molecule has 1 aromatic heterocycles. The van der Waals surface area contributed by atoms with Gasteiger partial charge in [0.2, 0.25) is 0 Å². The Hall–Kier alpha value is -1.32. The molecule has 1 atom stereocenters. The van der Waals surface area contributed by atoms with E-state index in [0.717, 1.165) is 30.7 Å². The Kier molecular flexibility index (Phi) is 3.22. The molecule has 0 aliphatic heterocycles. The van der Waals surface area contributed by atoms with Crippen molar-refractivity contribution in [3.8, 4) is 0 Å². The molecular weight excluding hydrogens is 216 g/mol. The van der Waals surface area contributed by atoms with E-state index in [4.69, 9.17) is 4.74 Å². The SMILES string of the molecule is CCc1c(C)nn(C(C(=O)OC)C2CC2)c1C. The summed E-state index contributed by atoms with van der Waals surface area (Å²) in [7, 11) is 1.45. The second kappa shape index (κ2) is 4.51. The minimum Gasteiger partial charge on any atom is -0.467 e. The molecule has 0 saturated heterocycles. The number of aryl methyl sites for hydroxylation is 1. The molecule has 1 aliphatic carbocycles. The molecule has 1 unspecified atom stereocenters. The second-order valence-electron chi connectivity index (χ2n) is 4.75. The Labute approximate surface area is 102 Å². The summed E-state index contributed by atoms with van der Waals surface area (Å²) in [5.41, 5.74) is 3.38. The first kappa shape index (κ1) is 12.1. The molecule has 17 heavy (non-hydrogen) atoms. The van der Waals surface area contributed by atoms with Crippen LogP contribution in [-0.2, 0) is 16.0 Å². The minimum atomic E-state index is -0.223. The molecule has 1 aliphatic rings. The fourth-order valence-corrected chi connectivity index (χ4v) is 2.50. The summed E-state index contributed by atoms with van der Waals surface area (Å²) in [6.45, 7) is 6.16. The lowest BCUT2D eigenvalue weighted by molar-refractivity contribution is -0.145. The lowest BCUT2D eigenvalue weighted by atomic mass is 10.1. The van der Waals surface area contributed by atoms with Crippen LogP contribution in [0.25, 0.3) is 0 Å². The number of methoxy groups -OCH3 is 1. The molecular formula is C13H20N2O2. The van der Waals surface area contributed by atoms with E-state index in [1.54, 1.807) is 0 Å². The van der Waals surface area contributed by atoms with E-state index in [0.29, 0.717) is 5.92 Å². The van der Waals surface area contributed by atoms with Crippen LogP contribution in [0.2, 0.25) is 0 Å². The van der Waals surface area contributed by atoms with Crippen molar-refractivity contribution in [1.82, 2.24) is 9.78 Å². The van der Waals surface area contributed by atoms with Crippen molar-refractivity contribution in [2.45, 2.75) is 46.1 Å². The number of hydrogen-bond acceptors (Lipinski definition) is 3. The van der Waals surface area contributed by atoms with E-state index in [9.17, 15) is 4.79 Å². The zero-order valence-corrected chi connectivity index (χ0v) is 11.0. The molecule has 94 valence electrons. The monoisotopic (exact) mass is 236 g/mol. The summed E-state index contributed by atoms with van der Waals surface area (Å²) in [5.74, 6) is 0.242. The van der Waals surface area contributed by atoms with Crippen LogP contribution in [0.15, 0.2) is 0 Å². The summed E-state index contributed by atoms with van der Waals surface area (Å²) in [4.78, 5) is 11.9. The van der Waals surface area contributed by atoms with Crippen molar-refractivity contribution in [2.75, 3.05) is 7.11 Å². The topological polar surface area (TPSA) is 44.1 Å². The molecule has 2 rings (SSSR count). The van der Waals surface area contributed by atoms with Crippen molar-refractivity contribution >= 4 is 5.97 Å². The molecule has 0 amide bonds. The van der Waals surface area contributed by atoms with Crippen molar-refractivity contribution in [3.05, 3.63) is 17.0 Å². The van der Waals surface area contributed by atoms with Crippen LogP contribution in [0.5, 0.6) is 0 Å². The van der Waals surface area contributed by atoms with Gasteiger partial charge in [0, 0.05) is 5.69 Å². The molecule has 0 spiro atoms. The maximum atomic E-state index is 11.9. The van der Waals surface area contributed by atoms with E-state index in [2.05, 4.69) is 12.0 Å². The number of rotatable bonds is 4. The number of carbonyl (C=O) groups is 1. The average Bonchev–Trinajstić information content (AvgIpc) is 3.08. The maximum Gasteiger partial charge on any atom is 0.330 e. The van der Waals surface area contributed by atoms with Crippen molar-refractivity contribution in [2.24, 2.45) is 5.92 Å². The molecule has 4 heteroatoms. The first-order chi connectivity index (χ1) is 8.10. The highest BCUT2D eigenvalue weighted by molar-refractivity contribution is 5.75. The standard InChI is InChI=1S/C13H20N2O2/c1-5-11-8(2)14-15(9(11)3)12(10-6-7-10)13(16)17-4/h10,12H,5-7H2,1-4H3. The van der Waals surface area contributed by atoms with Crippen LogP contribution in [0.3, 0.4) is 0 Å². The van der Waals surface area contributed by atoms with Gasteiger partial charge in [-0.2, -0.15) is 5.10 Å². The minimum absolute atomic E-state index is 0.166. The summed E-state index contributed by atoms with van der Waals surface area (Å²) in [6, 6.07) is -0.223. The van der Waals surface area contributed by atoms with Gasteiger partial charge in [0.25, 0.3) is 0 Å². The fraction of sp³-hybridized carbons (Fsp3) is 0.692. The van der Waals surface area contributed by atoms with E-state index in [1.807, 2.05) is 18.5 Å². The number of esters is 1. The predicted octanol–water partition coefficient (Wildman–Crippen LogP) is 2.19. The number of hydrogen-bond donors (Lipinski definition) is 0. The van der Waals surface area contributed by atoms with Gasteiger partial charge in [0.15, 0.2) is 6.04 Å². The fourth-order valence-electron chi connectivity index (χ4n) is 2.50. The Bertz CT molecular complexity index is 433. The van der Waals surface area contributed by atoms with Gasteiger partial charge in [-0.25, -0.2) is 4.79 Å². The molecule has 1 aromatic rings. The predicted molar refractivity (Wildman–Crippen MR) is 64.9 cm³/mol. The number of ether oxygens (including phenoxy) is 1. The normalized spacial score (nSPS) is 16.9. The van der Waals surface area contributed by atoms with Crippen LogP contribution < -0.4 is 0 Å². The second-order valence-corrected chi connectivity index (χ2v) is 4.75. The molecule has 0 radical (unpaired) electrons. The van der Waals surface area contributed by atoms with Crippen LogP contribution in [0, 0.1) is 19.8 Å². The molecule has 0 aromatic carbocycles. The van der Waals surface area contributed by atoms with Crippen LogP contribution in [0.1, 0.15) is 42.8 Å². The Morgan fingerprint density at radius 3 is 2.59 bits per heavy atom. The third-order valence-corrected chi connectivity index (χ3v) is 3.60. The first-order valence-electron chi connectivity index (χ1n) is 6.22. The van der Waals surface area contributed by atoms with Crippen LogP contribution >= 0.6 is 0 Å². The third-order valence-electron chi connectivity index (χ3n) is 3.60. The van der Waals surface area contributed by atoms with E-state index >= 15 is 0 Å². The van der Waals surface area contributed by atoms with E-state index in [1.165, 1.54) is 12.7 Å². The quantitative estimate of drug-likeness (QED) is 0.753. The average molecular weight is 236 g/mol. The van der Waals surface area contributed by atoms with Crippen molar-refractivity contribution < 1.29 is 9.53 Å². The van der Waals surface area contributed by atoms with Gasteiger partial charge in [-0.3, -0.25) is 4.68 Å². The van der Waals surface area contributed by atoms with Gasteiger partial charge in [-0.1, -0.05) is 6.92 Å². The number of aromatic nitrogens is 2. The van der Waals surface area contributed by atoms with Gasteiger partial charge >= 0.3 is 5.97 Å². The van der Waals surface area contributed by atoms with Gasteiger partial charge in [0.05, 0.1) is 12.8 Å². The molecule has 0 bridgehead atoms. The molecule has 1 heterocycles. The highest BCUT2D eigenvalue weighted by Crippen LogP contribution is 2.41. The molecule has 0 N–H and O–H groups in total. The zero-order chi connectivity index (χ0) is 12.6.